The molecule has 1 aromatic rings. The van der Waals surface area contributed by atoms with Crippen LogP contribution in [0.1, 0.15) is 28.8 Å². The second kappa shape index (κ2) is 5.15. The lowest BCUT2D eigenvalue weighted by Gasteiger charge is -1.99. The van der Waals surface area contributed by atoms with E-state index in [1.165, 1.54) is 0 Å². The third kappa shape index (κ3) is 2.68. The van der Waals surface area contributed by atoms with Crippen LogP contribution in [0.5, 0.6) is 0 Å². The lowest BCUT2D eigenvalue weighted by atomic mass is 10.1. The van der Waals surface area contributed by atoms with E-state index in [0.29, 0.717) is 30.5 Å². The van der Waals surface area contributed by atoms with Crippen LogP contribution in [0.25, 0.3) is 0 Å². The van der Waals surface area contributed by atoms with Gasteiger partial charge in [0.1, 0.15) is 0 Å². The molecule has 0 atom stereocenters. The quantitative estimate of drug-likeness (QED) is 0.728. The molecule has 0 aliphatic carbocycles. The van der Waals surface area contributed by atoms with Crippen molar-refractivity contribution in [3.8, 4) is 6.07 Å². The fourth-order valence-corrected chi connectivity index (χ4v) is 1.14. The standard InChI is InChI=1S/C11H12N2O/c12-7-1-2-11(14)10-5-3-9(8-13)4-6-10/h3-6H,1-2,7,12H2. The van der Waals surface area contributed by atoms with Crippen LogP contribution in [0.3, 0.4) is 0 Å². The second-order valence-corrected chi connectivity index (χ2v) is 3.00. The summed E-state index contributed by atoms with van der Waals surface area (Å²) in [4.78, 5) is 11.5. The number of Topliss-reactive ketones (excluding diaryl/α,β-unsaturated/α-hetero) is 1. The monoisotopic (exact) mass is 188 g/mol. The lowest BCUT2D eigenvalue weighted by molar-refractivity contribution is 0.0981. The molecule has 14 heavy (non-hydrogen) atoms. The summed E-state index contributed by atoms with van der Waals surface area (Å²) in [6.07, 6.45) is 1.18. The summed E-state index contributed by atoms with van der Waals surface area (Å²) in [5.41, 5.74) is 6.53. The van der Waals surface area contributed by atoms with E-state index in [1.807, 2.05) is 6.07 Å². The van der Waals surface area contributed by atoms with Gasteiger partial charge in [-0.3, -0.25) is 4.79 Å². The van der Waals surface area contributed by atoms with E-state index in [0.717, 1.165) is 0 Å². The van der Waals surface area contributed by atoms with Gasteiger partial charge in [-0.2, -0.15) is 5.26 Å². The van der Waals surface area contributed by atoms with Gasteiger partial charge in [-0.25, -0.2) is 0 Å². The molecule has 0 radical (unpaired) electrons. The summed E-state index contributed by atoms with van der Waals surface area (Å²) >= 11 is 0. The molecular weight excluding hydrogens is 176 g/mol. The number of rotatable bonds is 4. The summed E-state index contributed by atoms with van der Waals surface area (Å²) in [6.45, 7) is 0.530. The van der Waals surface area contributed by atoms with E-state index in [4.69, 9.17) is 11.0 Å². The van der Waals surface area contributed by atoms with Gasteiger partial charge in [-0.05, 0) is 25.1 Å². The Balaban J connectivity index is 2.68. The lowest BCUT2D eigenvalue weighted by Crippen LogP contribution is -2.04. The number of nitriles is 1. The van der Waals surface area contributed by atoms with Crippen LogP contribution in [0.2, 0.25) is 0 Å². The minimum Gasteiger partial charge on any atom is -0.330 e. The Morgan fingerprint density at radius 3 is 2.50 bits per heavy atom. The molecule has 3 nitrogen and oxygen atoms in total. The molecule has 2 N–H and O–H groups in total. The zero-order valence-corrected chi connectivity index (χ0v) is 7.86. The summed E-state index contributed by atoms with van der Waals surface area (Å²) in [5.74, 6) is 0.0833. The maximum Gasteiger partial charge on any atom is 0.162 e. The van der Waals surface area contributed by atoms with E-state index in [-0.39, 0.29) is 5.78 Å². The number of nitrogens with two attached hydrogens (primary N) is 1. The zero-order chi connectivity index (χ0) is 10.4. The van der Waals surface area contributed by atoms with Crippen molar-refractivity contribution in [3.05, 3.63) is 35.4 Å². The Bertz CT molecular complexity index is 349. The molecule has 0 aliphatic rings. The molecule has 1 rings (SSSR count). The molecule has 0 amide bonds. The van der Waals surface area contributed by atoms with E-state index in [1.54, 1.807) is 24.3 Å². The minimum atomic E-state index is 0.0833. The molecule has 0 unspecified atom stereocenters. The number of ketones is 1. The number of carbonyl (C=O) groups excluding carboxylic acids is 1. The minimum absolute atomic E-state index is 0.0833. The number of carbonyl (C=O) groups is 1. The van der Waals surface area contributed by atoms with Crippen molar-refractivity contribution in [1.82, 2.24) is 0 Å². The van der Waals surface area contributed by atoms with Crippen LogP contribution >= 0.6 is 0 Å². The second-order valence-electron chi connectivity index (χ2n) is 3.00. The maximum atomic E-state index is 11.5. The third-order valence-corrected chi connectivity index (χ3v) is 1.94. The first kappa shape index (κ1) is 10.4. The molecular formula is C11H12N2O. The largest absolute Gasteiger partial charge is 0.330 e. The van der Waals surface area contributed by atoms with E-state index < -0.39 is 0 Å². The van der Waals surface area contributed by atoms with E-state index >= 15 is 0 Å². The van der Waals surface area contributed by atoms with Gasteiger partial charge in [0, 0.05) is 12.0 Å². The Morgan fingerprint density at radius 1 is 1.36 bits per heavy atom. The molecule has 0 bridgehead atoms. The Hall–Kier alpha value is -1.66. The van der Waals surface area contributed by atoms with Crippen molar-refractivity contribution in [1.29, 1.82) is 5.26 Å². The molecule has 0 aromatic heterocycles. The molecule has 0 heterocycles. The number of hydrogen-bond acceptors (Lipinski definition) is 3. The molecule has 0 spiro atoms. The van der Waals surface area contributed by atoms with Crippen LogP contribution in [0.15, 0.2) is 24.3 Å². The number of benzene rings is 1. The molecule has 0 fully saturated rings. The van der Waals surface area contributed by atoms with Crippen LogP contribution in [-0.2, 0) is 0 Å². The predicted molar refractivity (Wildman–Crippen MR) is 53.8 cm³/mol. The van der Waals surface area contributed by atoms with Crippen molar-refractivity contribution in [3.63, 3.8) is 0 Å². The van der Waals surface area contributed by atoms with Crippen molar-refractivity contribution in [2.75, 3.05) is 6.54 Å². The van der Waals surface area contributed by atoms with Gasteiger partial charge in [-0.1, -0.05) is 12.1 Å². The first-order valence-electron chi connectivity index (χ1n) is 4.51. The van der Waals surface area contributed by atoms with Gasteiger partial charge in [0.05, 0.1) is 11.6 Å². The average molecular weight is 188 g/mol. The van der Waals surface area contributed by atoms with Gasteiger partial charge in [-0.15, -0.1) is 0 Å². The maximum absolute atomic E-state index is 11.5. The first-order chi connectivity index (χ1) is 6.77. The summed E-state index contributed by atoms with van der Waals surface area (Å²) in [6, 6.07) is 8.66. The molecule has 0 saturated carbocycles. The van der Waals surface area contributed by atoms with Crippen LogP contribution in [-0.4, -0.2) is 12.3 Å². The van der Waals surface area contributed by atoms with Gasteiger partial charge in [0.2, 0.25) is 0 Å². The molecule has 1 aromatic carbocycles. The first-order valence-corrected chi connectivity index (χ1v) is 4.51. The SMILES string of the molecule is N#Cc1ccc(C(=O)CCCN)cc1. The Kier molecular flexibility index (Phi) is 3.84. The van der Waals surface area contributed by atoms with Crippen molar-refractivity contribution >= 4 is 5.78 Å². The molecule has 72 valence electrons. The predicted octanol–water partition coefficient (Wildman–Crippen LogP) is 1.48. The normalized spacial score (nSPS) is 9.43. The third-order valence-electron chi connectivity index (χ3n) is 1.94. The smallest absolute Gasteiger partial charge is 0.162 e. The van der Waals surface area contributed by atoms with Gasteiger partial charge in [0.15, 0.2) is 5.78 Å². The van der Waals surface area contributed by atoms with Crippen molar-refractivity contribution < 1.29 is 4.79 Å². The molecule has 3 heteroatoms. The van der Waals surface area contributed by atoms with Crippen LogP contribution in [0, 0.1) is 11.3 Å². The Labute approximate surface area is 83.2 Å². The summed E-state index contributed by atoms with van der Waals surface area (Å²) in [7, 11) is 0. The van der Waals surface area contributed by atoms with E-state index in [9.17, 15) is 4.79 Å². The van der Waals surface area contributed by atoms with Gasteiger partial charge < -0.3 is 5.73 Å². The summed E-state index contributed by atoms with van der Waals surface area (Å²) in [5, 5.41) is 8.56. The topological polar surface area (TPSA) is 66.9 Å². The van der Waals surface area contributed by atoms with E-state index in [2.05, 4.69) is 0 Å². The van der Waals surface area contributed by atoms with Gasteiger partial charge >= 0.3 is 0 Å². The molecule has 0 saturated heterocycles. The fourth-order valence-electron chi connectivity index (χ4n) is 1.14. The zero-order valence-electron chi connectivity index (χ0n) is 7.86. The Morgan fingerprint density at radius 2 is 2.00 bits per heavy atom. The highest BCUT2D eigenvalue weighted by Crippen LogP contribution is 2.07. The number of hydrogen-bond donors (Lipinski definition) is 1. The fraction of sp³-hybridized carbons (Fsp3) is 0.273. The molecule has 0 aliphatic heterocycles. The van der Waals surface area contributed by atoms with Gasteiger partial charge in [0.25, 0.3) is 0 Å². The highest BCUT2D eigenvalue weighted by Gasteiger charge is 2.04. The average Bonchev–Trinajstić information content (AvgIpc) is 2.26. The van der Waals surface area contributed by atoms with Crippen LogP contribution in [0.4, 0.5) is 0 Å². The van der Waals surface area contributed by atoms with Crippen LogP contribution < -0.4 is 5.73 Å². The summed E-state index contributed by atoms with van der Waals surface area (Å²) < 4.78 is 0. The van der Waals surface area contributed by atoms with Crippen molar-refractivity contribution in [2.45, 2.75) is 12.8 Å². The highest BCUT2D eigenvalue weighted by atomic mass is 16.1. The number of nitrogens with zero attached hydrogens (tertiary/aromatic N) is 1. The van der Waals surface area contributed by atoms with Crippen molar-refractivity contribution in [2.24, 2.45) is 5.73 Å². The highest BCUT2D eigenvalue weighted by molar-refractivity contribution is 5.96.